The van der Waals surface area contributed by atoms with Crippen molar-refractivity contribution in [2.24, 2.45) is 5.92 Å². The van der Waals surface area contributed by atoms with Crippen LogP contribution in [0.5, 0.6) is 0 Å². The van der Waals surface area contributed by atoms with Crippen LogP contribution >= 0.6 is 0 Å². The van der Waals surface area contributed by atoms with Crippen LogP contribution in [0.4, 0.5) is 0 Å². The molecule has 4 heteroatoms. The quantitative estimate of drug-likeness (QED) is 0.466. The van der Waals surface area contributed by atoms with Crippen LogP contribution in [0.2, 0.25) is 6.82 Å². The van der Waals surface area contributed by atoms with Crippen molar-refractivity contribution in [2.45, 2.75) is 6.82 Å². The van der Waals surface area contributed by atoms with Gasteiger partial charge in [-0.2, -0.15) is 0 Å². The van der Waals surface area contributed by atoms with Crippen LogP contribution in [0.25, 0.3) is 0 Å². The molecule has 0 bridgehead atoms. The Labute approximate surface area is 67.8 Å². The van der Waals surface area contributed by atoms with Crippen molar-refractivity contribution >= 4 is 7.05 Å². The summed E-state index contributed by atoms with van der Waals surface area (Å²) in [6, 6.07) is 0. The molecule has 0 spiro atoms. The van der Waals surface area contributed by atoms with Gasteiger partial charge in [-0.25, -0.2) is 0 Å². The van der Waals surface area contributed by atoms with Crippen molar-refractivity contribution in [1.29, 1.82) is 0 Å². The fourth-order valence-electron chi connectivity index (χ4n) is 1.17. The van der Waals surface area contributed by atoms with Gasteiger partial charge in [-0.1, -0.05) is 0 Å². The van der Waals surface area contributed by atoms with Gasteiger partial charge in [-0.15, -0.1) is 0 Å². The van der Waals surface area contributed by atoms with Crippen LogP contribution in [0.15, 0.2) is 12.3 Å². The SMILES string of the molecule is CO/C=C/C1CN(B(C)O)C1. The van der Waals surface area contributed by atoms with Crippen LogP contribution in [0.3, 0.4) is 0 Å². The van der Waals surface area contributed by atoms with Gasteiger partial charge in [-0.05, 0) is 26.0 Å². The number of hydrogen-bond donors (Lipinski definition) is 1. The molecule has 1 fully saturated rings. The van der Waals surface area contributed by atoms with E-state index in [2.05, 4.69) is 0 Å². The molecule has 1 saturated heterocycles. The lowest BCUT2D eigenvalue weighted by Crippen LogP contribution is -2.52. The third-order valence-corrected chi connectivity index (χ3v) is 1.95. The third-order valence-electron chi connectivity index (χ3n) is 1.95. The highest BCUT2D eigenvalue weighted by Crippen LogP contribution is 2.16. The van der Waals surface area contributed by atoms with Gasteiger partial charge in [0.1, 0.15) is 0 Å². The van der Waals surface area contributed by atoms with Gasteiger partial charge in [0.25, 0.3) is 0 Å². The molecular weight excluding hydrogens is 141 g/mol. The van der Waals surface area contributed by atoms with Crippen LogP contribution in [-0.4, -0.2) is 37.1 Å². The zero-order valence-corrected chi connectivity index (χ0v) is 7.03. The molecule has 0 atom stereocenters. The summed E-state index contributed by atoms with van der Waals surface area (Å²) in [5, 5.41) is 9.09. The Hall–Kier alpha value is -0.475. The Morgan fingerprint density at radius 3 is 2.73 bits per heavy atom. The van der Waals surface area contributed by atoms with Gasteiger partial charge in [0.15, 0.2) is 0 Å². The molecule has 0 aromatic carbocycles. The van der Waals surface area contributed by atoms with Crippen LogP contribution in [0.1, 0.15) is 0 Å². The highest BCUT2D eigenvalue weighted by atomic mass is 16.5. The predicted molar refractivity (Wildman–Crippen MR) is 45.0 cm³/mol. The maximum Gasteiger partial charge on any atom is 0.376 e. The van der Waals surface area contributed by atoms with E-state index in [0.29, 0.717) is 5.92 Å². The van der Waals surface area contributed by atoms with Crippen molar-refractivity contribution in [3.8, 4) is 0 Å². The second-order valence-corrected chi connectivity index (χ2v) is 2.91. The largest absolute Gasteiger partial charge is 0.505 e. The molecule has 0 amide bonds. The summed E-state index contributed by atoms with van der Waals surface area (Å²) < 4.78 is 4.78. The molecule has 1 heterocycles. The highest BCUT2D eigenvalue weighted by Gasteiger charge is 2.29. The minimum Gasteiger partial charge on any atom is -0.505 e. The van der Waals surface area contributed by atoms with Crippen molar-refractivity contribution in [1.82, 2.24) is 4.81 Å². The number of rotatable bonds is 3. The molecule has 62 valence electrons. The lowest BCUT2D eigenvalue weighted by molar-refractivity contribution is 0.208. The topological polar surface area (TPSA) is 32.7 Å². The normalized spacial score (nSPS) is 20.3. The van der Waals surface area contributed by atoms with Gasteiger partial charge in [0.05, 0.1) is 13.4 Å². The minimum absolute atomic E-state index is 0.304. The summed E-state index contributed by atoms with van der Waals surface area (Å²) in [6.45, 7) is 3.67. The smallest absolute Gasteiger partial charge is 0.376 e. The van der Waals surface area contributed by atoms with Gasteiger partial charge >= 0.3 is 7.05 Å². The van der Waals surface area contributed by atoms with E-state index in [4.69, 9.17) is 9.76 Å². The molecule has 0 aromatic rings. The van der Waals surface area contributed by atoms with Crippen LogP contribution < -0.4 is 0 Å². The zero-order valence-electron chi connectivity index (χ0n) is 7.03. The second kappa shape index (κ2) is 3.78. The standard InChI is InChI=1S/C7H14BNO2/c1-8(10)9-5-7(6-9)3-4-11-2/h3-4,7,10H,5-6H2,1-2H3/b4-3+. The summed E-state index contributed by atoms with van der Waals surface area (Å²) in [5.74, 6) is 0.560. The molecule has 0 aromatic heterocycles. The molecular formula is C7H14BNO2. The van der Waals surface area contributed by atoms with Gasteiger partial charge in [0, 0.05) is 5.92 Å². The lowest BCUT2D eigenvalue weighted by Gasteiger charge is -2.38. The van der Waals surface area contributed by atoms with E-state index in [9.17, 15) is 0 Å². The van der Waals surface area contributed by atoms with Gasteiger partial charge in [0.2, 0.25) is 0 Å². The average Bonchev–Trinajstić information content (AvgIpc) is 1.84. The first-order valence-corrected chi connectivity index (χ1v) is 3.85. The summed E-state index contributed by atoms with van der Waals surface area (Å²) in [5.41, 5.74) is 0. The maximum absolute atomic E-state index is 9.09. The molecule has 0 saturated carbocycles. The van der Waals surface area contributed by atoms with Crippen molar-refractivity contribution < 1.29 is 9.76 Å². The Bertz CT molecular complexity index is 143. The third kappa shape index (κ3) is 2.24. The molecule has 1 aliphatic heterocycles. The average molecular weight is 155 g/mol. The maximum atomic E-state index is 9.09. The number of ether oxygens (including phenoxy) is 1. The van der Waals surface area contributed by atoms with Crippen molar-refractivity contribution in [3.05, 3.63) is 12.3 Å². The molecule has 0 aliphatic carbocycles. The van der Waals surface area contributed by atoms with Crippen LogP contribution in [-0.2, 0) is 4.74 Å². The number of methoxy groups -OCH3 is 1. The Balaban J connectivity index is 2.14. The van der Waals surface area contributed by atoms with Crippen LogP contribution in [0, 0.1) is 5.92 Å². The van der Waals surface area contributed by atoms with E-state index in [1.54, 1.807) is 20.2 Å². The second-order valence-electron chi connectivity index (χ2n) is 2.91. The fraction of sp³-hybridized carbons (Fsp3) is 0.714. The molecule has 1 aliphatic rings. The number of hydrogen-bond acceptors (Lipinski definition) is 3. The Kier molecular flexibility index (Phi) is 2.97. The van der Waals surface area contributed by atoms with E-state index in [-0.39, 0.29) is 7.05 Å². The summed E-state index contributed by atoms with van der Waals surface area (Å²) in [4.78, 5) is 2.00. The monoisotopic (exact) mass is 155 g/mol. The van der Waals surface area contributed by atoms with E-state index < -0.39 is 0 Å². The first-order chi connectivity index (χ1) is 5.24. The molecule has 0 unspecified atom stereocenters. The Morgan fingerprint density at radius 1 is 1.64 bits per heavy atom. The molecule has 11 heavy (non-hydrogen) atoms. The first-order valence-electron chi connectivity index (χ1n) is 3.85. The van der Waals surface area contributed by atoms with E-state index in [1.807, 2.05) is 10.9 Å². The summed E-state index contributed by atoms with van der Waals surface area (Å²) in [6.07, 6.45) is 3.73. The van der Waals surface area contributed by atoms with Crippen molar-refractivity contribution in [3.63, 3.8) is 0 Å². The Morgan fingerprint density at radius 2 is 2.27 bits per heavy atom. The lowest BCUT2D eigenvalue weighted by atomic mass is 9.78. The predicted octanol–water partition coefficient (Wildman–Crippen LogP) is 0.189. The van der Waals surface area contributed by atoms with Crippen molar-refractivity contribution in [2.75, 3.05) is 20.2 Å². The van der Waals surface area contributed by atoms with E-state index in [0.717, 1.165) is 13.1 Å². The molecule has 1 rings (SSSR count). The summed E-state index contributed by atoms with van der Waals surface area (Å²) in [7, 11) is 1.34. The van der Waals surface area contributed by atoms with E-state index in [1.165, 1.54) is 0 Å². The fourth-order valence-corrected chi connectivity index (χ4v) is 1.17. The first kappa shape index (κ1) is 8.62. The highest BCUT2D eigenvalue weighted by molar-refractivity contribution is 6.45. The molecule has 3 nitrogen and oxygen atoms in total. The summed E-state index contributed by atoms with van der Waals surface area (Å²) >= 11 is 0. The molecule has 0 radical (unpaired) electrons. The zero-order chi connectivity index (χ0) is 8.27. The molecule has 1 N–H and O–H groups in total. The minimum atomic E-state index is -0.304. The van der Waals surface area contributed by atoms with E-state index >= 15 is 0 Å². The van der Waals surface area contributed by atoms with Gasteiger partial charge in [-0.3, -0.25) is 0 Å². The number of nitrogens with zero attached hydrogens (tertiary/aromatic N) is 1. The van der Waals surface area contributed by atoms with Gasteiger partial charge < -0.3 is 14.6 Å².